The Labute approximate surface area is 160 Å². The van der Waals surface area contributed by atoms with E-state index < -0.39 is 11.7 Å². The number of piperidine rings is 1. The molecule has 3 N–H and O–H groups in total. The fourth-order valence-corrected chi connectivity index (χ4v) is 3.53. The molecular formula is C18H31N5O2S. The molecule has 26 heavy (non-hydrogen) atoms. The van der Waals surface area contributed by atoms with E-state index in [0.717, 1.165) is 31.9 Å². The van der Waals surface area contributed by atoms with E-state index in [0.29, 0.717) is 19.1 Å². The molecule has 146 valence electrons. The van der Waals surface area contributed by atoms with Gasteiger partial charge < -0.3 is 25.6 Å². The van der Waals surface area contributed by atoms with Crippen LogP contribution >= 0.6 is 11.3 Å². The first-order valence-corrected chi connectivity index (χ1v) is 9.98. The van der Waals surface area contributed by atoms with Gasteiger partial charge in [0.1, 0.15) is 5.60 Å². The van der Waals surface area contributed by atoms with Crippen molar-refractivity contribution in [3.8, 4) is 0 Å². The Hall–Kier alpha value is -1.96. The number of hydrogen-bond donors (Lipinski definition) is 3. The number of thiophene rings is 1. The summed E-state index contributed by atoms with van der Waals surface area (Å²) in [5.74, 6) is 0.769. The van der Waals surface area contributed by atoms with Crippen LogP contribution in [0.3, 0.4) is 0 Å². The third-order valence-corrected chi connectivity index (χ3v) is 4.89. The zero-order valence-corrected chi connectivity index (χ0v) is 17.0. The molecule has 0 unspecified atom stereocenters. The zero-order chi connectivity index (χ0) is 19.0. The topological polar surface area (TPSA) is 78.0 Å². The summed E-state index contributed by atoms with van der Waals surface area (Å²) in [6, 6.07) is 4.69. The maximum absolute atomic E-state index is 11.6. The Kier molecular flexibility index (Phi) is 7.56. The molecule has 0 bridgehead atoms. The second-order valence-corrected chi connectivity index (χ2v) is 8.21. The van der Waals surface area contributed by atoms with Gasteiger partial charge in [0, 0.05) is 39.3 Å². The summed E-state index contributed by atoms with van der Waals surface area (Å²) in [5, 5.41) is 12.9. The molecule has 7 nitrogen and oxygen atoms in total. The van der Waals surface area contributed by atoms with E-state index in [1.165, 1.54) is 5.00 Å². The highest BCUT2D eigenvalue weighted by Crippen LogP contribution is 2.24. The molecule has 1 aliphatic heterocycles. The molecule has 1 amide bonds. The summed E-state index contributed by atoms with van der Waals surface area (Å²) in [4.78, 5) is 18.3. The maximum Gasteiger partial charge on any atom is 0.407 e. The first kappa shape index (κ1) is 20.4. The highest BCUT2D eigenvalue weighted by molar-refractivity contribution is 7.14. The van der Waals surface area contributed by atoms with Crippen LogP contribution in [0.2, 0.25) is 0 Å². The first-order chi connectivity index (χ1) is 12.4. The molecule has 1 fully saturated rings. The molecule has 1 aliphatic rings. The molecule has 1 aromatic rings. The zero-order valence-electron chi connectivity index (χ0n) is 16.2. The lowest BCUT2D eigenvalue weighted by Crippen LogP contribution is -2.49. The fraction of sp³-hybridized carbons (Fsp3) is 0.667. The van der Waals surface area contributed by atoms with E-state index >= 15 is 0 Å². The van der Waals surface area contributed by atoms with E-state index in [-0.39, 0.29) is 0 Å². The molecule has 0 saturated carbocycles. The maximum atomic E-state index is 11.6. The molecule has 0 aromatic carbocycles. The van der Waals surface area contributed by atoms with E-state index in [1.807, 2.05) is 20.8 Å². The minimum atomic E-state index is -0.479. The second-order valence-electron chi connectivity index (χ2n) is 7.28. The molecular weight excluding hydrogens is 350 g/mol. The van der Waals surface area contributed by atoms with Crippen LogP contribution in [0, 0.1) is 0 Å². The van der Waals surface area contributed by atoms with Crippen molar-refractivity contribution >= 4 is 28.4 Å². The van der Waals surface area contributed by atoms with Gasteiger partial charge in [-0.25, -0.2) is 4.79 Å². The van der Waals surface area contributed by atoms with Gasteiger partial charge >= 0.3 is 6.09 Å². The van der Waals surface area contributed by atoms with Crippen molar-refractivity contribution in [3.05, 3.63) is 17.5 Å². The van der Waals surface area contributed by atoms with Crippen LogP contribution in [0.1, 0.15) is 33.6 Å². The molecule has 0 aliphatic carbocycles. The Morgan fingerprint density at radius 1 is 1.31 bits per heavy atom. The van der Waals surface area contributed by atoms with Crippen LogP contribution < -0.4 is 20.9 Å². The van der Waals surface area contributed by atoms with Crippen LogP contribution in [0.15, 0.2) is 22.5 Å². The molecule has 1 saturated heterocycles. The van der Waals surface area contributed by atoms with Gasteiger partial charge in [-0.3, -0.25) is 4.99 Å². The molecule has 0 radical (unpaired) electrons. The number of rotatable bonds is 5. The number of carbonyl (C=O) groups excluding carboxylic acids is 1. The molecule has 8 heteroatoms. The summed E-state index contributed by atoms with van der Waals surface area (Å²) in [5.41, 5.74) is -0.479. The summed E-state index contributed by atoms with van der Waals surface area (Å²) in [6.07, 6.45) is 1.76. The van der Waals surface area contributed by atoms with Crippen LogP contribution in [0.25, 0.3) is 0 Å². The first-order valence-electron chi connectivity index (χ1n) is 9.10. The highest BCUT2D eigenvalue weighted by Gasteiger charge is 2.20. The van der Waals surface area contributed by atoms with E-state index in [4.69, 9.17) is 4.74 Å². The minimum absolute atomic E-state index is 0.400. The smallest absolute Gasteiger partial charge is 0.407 e. The number of carbonyl (C=O) groups is 1. The van der Waals surface area contributed by atoms with Crippen molar-refractivity contribution in [3.63, 3.8) is 0 Å². The summed E-state index contributed by atoms with van der Waals surface area (Å²) >= 11 is 1.79. The molecule has 2 rings (SSSR count). The lowest BCUT2D eigenvalue weighted by atomic mass is 10.1. The Balaban J connectivity index is 1.63. The number of nitrogens with one attached hydrogen (secondary N) is 3. The lowest BCUT2D eigenvalue weighted by molar-refractivity contribution is 0.0529. The standard InChI is InChI=1S/C18H31N5O2S/c1-18(2,3)25-17(24)21-10-9-20-16(19-4)22-14-7-11-23(12-8-14)15-6-5-13-26-15/h5-6,13-14H,7-12H2,1-4H3,(H,21,24)(H2,19,20,22). The summed E-state index contributed by atoms with van der Waals surface area (Å²) in [6.45, 7) is 8.71. The average molecular weight is 382 g/mol. The Morgan fingerprint density at radius 3 is 2.58 bits per heavy atom. The number of nitrogens with zero attached hydrogens (tertiary/aromatic N) is 2. The van der Waals surface area contributed by atoms with Gasteiger partial charge in [0.05, 0.1) is 5.00 Å². The van der Waals surface area contributed by atoms with Gasteiger partial charge in [0.25, 0.3) is 0 Å². The van der Waals surface area contributed by atoms with Crippen LogP contribution in [-0.2, 0) is 4.74 Å². The van der Waals surface area contributed by atoms with E-state index in [2.05, 4.69) is 43.4 Å². The van der Waals surface area contributed by atoms with Crippen LogP contribution in [0.5, 0.6) is 0 Å². The van der Waals surface area contributed by atoms with E-state index in [1.54, 1.807) is 18.4 Å². The lowest BCUT2D eigenvalue weighted by Gasteiger charge is -2.33. The number of ether oxygens (including phenoxy) is 1. The number of hydrogen-bond acceptors (Lipinski definition) is 5. The number of alkyl carbamates (subject to hydrolysis) is 1. The fourth-order valence-electron chi connectivity index (χ4n) is 2.74. The van der Waals surface area contributed by atoms with Gasteiger partial charge in [0.2, 0.25) is 0 Å². The molecule has 0 atom stereocenters. The van der Waals surface area contributed by atoms with Crippen molar-refractivity contribution in [2.24, 2.45) is 4.99 Å². The SMILES string of the molecule is CN=C(NCCNC(=O)OC(C)(C)C)NC1CCN(c2cccs2)CC1. The molecule has 1 aromatic heterocycles. The third-order valence-electron chi connectivity index (χ3n) is 3.96. The van der Waals surface area contributed by atoms with Crippen LogP contribution in [0.4, 0.5) is 9.80 Å². The van der Waals surface area contributed by atoms with Crippen molar-refractivity contribution in [1.29, 1.82) is 0 Å². The van der Waals surface area contributed by atoms with Crippen molar-refractivity contribution in [2.75, 3.05) is 38.1 Å². The van der Waals surface area contributed by atoms with E-state index in [9.17, 15) is 4.79 Å². The number of anilines is 1. The number of guanidine groups is 1. The Morgan fingerprint density at radius 2 is 2.00 bits per heavy atom. The average Bonchev–Trinajstić information content (AvgIpc) is 3.11. The predicted octanol–water partition coefficient (Wildman–Crippen LogP) is 2.41. The predicted molar refractivity (Wildman–Crippen MR) is 108 cm³/mol. The van der Waals surface area contributed by atoms with Gasteiger partial charge in [-0.15, -0.1) is 11.3 Å². The third kappa shape index (κ3) is 7.11. The van der Waals surface area contributed by atoms with Crippen molar-refractivity contribution < 1.29 is 9.53 Å². The van der Waals surface area contributed by atoms with Gasteiger partial charge in [-0.2, -0.15) is 0 Å². The summed E-state index contributed by atoms with van der Waals surface area (Å²) < 4.78 is 5.21. The van der Waals surface area contributed by atoms with Crippen molar-refractivity contribution in [2.45, 2.75) is 45.3 Å². The van der Waals surface area contributed by atoms with Crippen molar-refractivity contribution in [1.82, 2.24) is 16.0 Å². The largest absolute Gasteiger partial charge is 0.444 e. The second kappa shape index (κ2) is 9.66. The normalized spacial score (nSPS) is 16.3. The van der Waals surface area contributed by atoms with Gasteiger partial charge in [-0.05, 0) is 51.1 Å². The highest BCUT2D eigenvalue weighted by atomic mass is 32.1. The number of aliphatic imine (C=N–C) groups is 1. The monoisotopic (exact) mass is 381 g/mol. The van der Waals surface area contributed by atoms with Crippen LogP contribution in [-0.4, -0.2) is 56.9 Å². The Bertz CT molecular complexity index is 575. The van der Waals surface area contributed by atoms with Gasteiger partial charge in [0.15, 0.2) is 5.96 Å². The van der Waals surface area contributed by atoms with Gasteiger partial charge in [-0.1, -0.05) is 0 Å². The summed E-state index contributed by atoms with van der Waals surface area (Å²) in [7, 11) is 1.76. The minimum Gasteiger partial charge on any atom is -0.444 e. The molecule has 0 spiro atoms. The molecule has 2 heterocycles. The number of amides is 1. The quantitative estimate of drug-likeness (QED) is 0.415.